The molecule has 6 nitrogen and oxygen atoms in total. The van der Waals surface area contributed by atoms with Crippen molar-refractivity contribution in [3.8, 4) is 0 Å². The average molecular weight is 429 g/mol. The first-order valence-corrected chi connectivity index (χ1v) is 9.77. The molecule has 8 heteroatoms. The second-order valence-electron chi connectivity index (χ2n) is 7.09. The van der Waals surface area contributed by atoms with Gasteiger partial charge in [-0.15, -0.1) is 0 Å². The number of hydrogen-bond acceptors (Lipinski definition) is 4. The number of ketones is 1. The topological polar surface area (TPSA) is 66.9 Å². The van der Waals surface area contributed by atoms with Crippen LogP contribution in [0.25, 0.3) is 0 Å². The molecule has 2 aliphatic heterocycles. The summed E-state index contributed by atoms with van der Waals surface area (Å²) in [4.78, 5) is 40.6. The van der Waals surface area contributed by atoms with E-state index in [4.69, 9.17) is 16.3 Å². The molecule has 2 heterocycles. The highest BCUT2D eigenvalue weighted by Gasteiger charge is 2.43. The van der Waals surface area contributed by atoms with E-state index < -0.39 is 11.9 Å². The molecular formula is C22H18ClFN2O4. The van der Waals surface area contributed by atoms with E-state index in [2.05, 4.69) is 0 Å². The van der Waals surface area contributed by atoms with Crippen molar-refractivity contribution in [2.75, 3.05) is 13.1 Å². The molecule has 0 spiro atoms. The molecule has 0 N–H and O–H groups in total. The molecular weight excluding hydrogens is 411 g/mol. The smallest absolute Gasteiger partial charge is 0.414 e. The molecule has 0 radical (unpaired) electrons. The minimum atomic E-state index is -0.778. The Morgan fingerprint density at radius 1 is 1.13 bits per heavy atom. The molecule has 154 valence electrons. The van der Waals surface area contributed by atoms with Crippen LogP contribution in [0.2, 0.25) is 5.02 Å². The Labute approximate surface area is 177 Å². The predicted molar refractivity (Wildman–Crippen MR) is 107 cm³/mol. The number of Topliss-reactive ketones (excluding diaryl/α,β-unsaturated/α-hetero) is 1. The number of amides is 2. The van der Waals surface area contributed by atoms with E-state index in [0.717, 1.165) is 0 Å². The van der Waals surface area contributed by atoms with Crippen LogP contribution >= 0.6 is 11.6 Å². The zero-order chi connectivity index (χ0) is 21.4. The van der Waals surface area contributed by atoms with Gasteiger partial charge in [0.05, 0.1) is 17.3 Å². The van der Waals surface area contributed by atoms with Crippen molar-refractivity contribution in [2.45, 2.75) is 20.0 Å². The molecule has 0 aromatic heterocycles. The molecule has 0 fully saturated rings. The Hall–Kier alpha value is -3.19. The van der Waals surface area contributed by atoms with Crippen LogP contribution in [0.15, 0.2) is 53.9 Å². The number of nitrogens with zero attached hydrogens (tertiary/aromatic N) is 2. The number of halogens is 2. The van der Waals surface area contributed by atoms with Crippen LogP contribution in [0.5, 0.6) is 0 Å². The monoisotopic (exact) mass is 428 g/mol. The van der Waals surface area contributed by atoms with Gasteiger partial charge >= 0.3 is 6.09 Å². The fraction of sp³-hybridized carbons (Fsp3) is 0.227. The van der Waals surface area contributed by atoms with Gasteiger partial charge in [-0.05, 0) is 30.7 Å². The molecule has 30 heavy (non-hydrogen) atoms. The van der Waals surface area contributed by atoms with E-state index in [-0.39, 0.29) is 47.7 Å². The summed E-state index contributed by atoms with van der Waals surface area (Å²) in [5.41, 5.74) is 1.60. The minimum absolute atomic E-state index is 0.0806. The normalized spacial score (nSPS) is 15.6. The van der Waals surface area contributed by atoms with Crippen molar-refractivity contribution in [1.82, 2.24) is 9.80 Å². The van der Waals surface area contributed by atoms with E-state index in [1.54, 1.807) is 37.3 Å². The second kappa shape index (κ2) is 7.91. The third-order valence-corrected chi connectivity index (χ3v) is 5.57. The summed E-state index contributed by atoms with van der Waals surface area (Å²) in [7, 11) is 0. The summed E-state index contributed by atoms with van der Waals surface area (Å²) < 4.78 is 19.5. The Morgan fingerprint density at radius 3 is 2.60 bits per heavy atom. The summed E-state index contributed by atoms with van der Waals surface area (Å²) in [5.74, 6) is -1.16. The van der Waals surface area contributed by atoms with Crippen LogP contribution in [0.3, 0.4) is 0 Å². The van der Waals surface area contributed by atoms with Crippen LogP contribution in [-0.2, 0) is 16.1 Å². The van der Waals surface area contributed by atoms with Crippen molar-refractivity contribution in [3.63, 3.8) is 0 Å². The van der Waals surface area contributed by atoms with Crippen molar-refractivity contribution in [3.05, 3.63) is 81.4 Å². The van der Waals surface area contributed by atoms with Gasteiger partial charge in [-0.3, -0.25) is 14.5 Å². The Balaban J connectivity index is 1.51. The van der Waals surface area contributed by atoms with Gasteiger partial charge < -0.3 is 9.64 Å². The average Bonchev–Trinajstić information content (AvgIpc) is 3.32. The SMILES string of the molecule is Cc1ccc(Cl)c(COC(=O)N2CCC3=C2C(=O)CN3C(=O)c2ccccc2)c1F. The van der Waals surface area contributed by atoms with Gasteiger partial charge in [-0.1, -0.05) is 35.9 Å². The van der Waals surface area contributed by atoms with E-state index in [9.17, 15) is 18.8 Å². The molecule has 4 rings (SSSR count). The molecule has 0 unspecified atom stereocenters. The fourth-order valence-corrected chi connectivity index (χ4v) is 3.86. The lowest BCUT2D eigenvalue weighted by Gasteiger charge is -2.19. The lowest BCUT2D eigenvalue weighted by molar-refractivity contribution is -0.116. The third kappa shape index (κ3) is 3.45. The number of carbonyl (C=O) groups excluding carboxylic acids is 3. The molecule has 2 amide bonds. The van der Waals surface area contributed by atoms with Gasteiger partial charge in [0.2, 0.25) is 5.78 Å². The van der Waals surface area contributed by atoms with Crippen molar-refractivity contribution in [1.29, 1.82) is 0 Å². The number of carbonyl (C=O) groups is 3. The van der Waals surface area contributed by atoms with Crippen LogP contribution in [0.4, 0.5) is 9.18 Å². The molecule has 0 bridgehead atoms. The number of aryl methyl sites for hydroxylation is 1. The van der Waals surface area contributed by atoms with Crippen molar-refractivity contribution >= 4 is 29.4 Å². The van der Waals surface area contributed by atoms with Gasteiger partial charge in [0.25, 0.3) is 5.91 Å². The van der Waals surface area contributed by atoms with E-state index >= 15 is 0 Å². The first-order valence-electron chi connectivity index (χ1n) is 9.39. The zero-order valence-electron chi connectivity index (χ0n) is 16.2. The Bertz CT molecular complexity index is 1080. The fourth-order valence-electron chi connectivity index (χ4n) is 3.66. The summed E-state index contributed by atoms with van der Waals surface area (Å²) in [6.45, 7) is 1.31. The standard InChI is InChI=1S/C22H18ClFN2O4/c1-13-7-8-16(23)15(19(13)24)12-30-22(29)25-10-9-17-20(25)18(27)11-26(17)21(28)14-5-3-2-4-6-14/h2-8H,9-12H2,1H3. The van der Waals surface area contributed by atoms with Gasteiger partial charge in [-0.2, -0.15) is 0 Å². The molecule has 2 aromatic carbocycles. The summed E-state index contributed by atoms with van der Waals surface area (Å²) in [5, 5.41) is 0.156. The lowest BCUT2D eigenvalue weighted by Crippen LogP contribution is -2.34. The highest BCUT2D eigenvalue weighted by molar-refractivity contribution is 6.31. The second-order valence-corrected chi connectivity index (χ2v) is 7.50. The number of ether oxygens (including phenoxy) is 1. The summed E-state index contributed by atoms with van der Waals surface area (Å²) in [6, 6.07) is 11.7. The Kier molecular flexibility index (Phi) is 5.30. The first kappa shape index (κ1) is 20.1. The van der Waals surface area contributed by atoms with E-state index in [0.29, 0.717) is 23.2 Å². The van der Waals surface area contributed by atoms with Crippen molar-refractivity contribution < 1.29 is 23.5 Å². The van der Waals surface area contributed by atoms with Gasteiger partial charge in [0, 0.05) is 24.1 Å². The van der Waals surface area contributed by atoms with Gasteiger partial charge in [0.1, 0.15) is 18.1 Å². The summed E-state index contributed by atoms with van der Waals surface area (Å²) >= 11 is 6.02. The first-order chi connectivity index (χ1) is 14.4. The highest BCUT2D eigenvalue weighted by atomic mass is 35.5. The van der Waals surface area contributed by atoms with Gasteiger partial charge in [-0.25, -0.2) is 9.18 Å². The largest absolute Gasteiger partial charge is 0.444 e. The molecule has 0 saturated carbocycles. The number of hydrogen-bond donors (Lipinski definition) is 0. The molecule has 0 saturated heterocycles. The maximum absolute atomic E-state index is 14.3. The van der Waals surface area contributed by atoms with E-state index in [1.165, 1.54) is 21.9 Å². The molecule has 0 atom stereocenters. The molecule has 0 aliphatic carbocycles. The van der Waals surface area contributed by atoms with Crippen LogP contribution in [0, 0.1) is 12.7 Å². The Morgan fingerprint density at radius 2 is 1.87 bits per heavy atom. The molecule has 2 aliphatic rings. The van der Waals surface area contributed by atoms with Crippen LogP contribution in [0.1, 0.15) is 27.9 Å². The summed E-state index contributed by atoms with van der Waals surface area (Å²) in [6.07, 6.45) is -0.423. The lowest BCUT2D eigenvalue weighted by atomic mass is 10.1. The predicted octanol–water partition coefficient (Wildman–Crippen LogP) is 4.07. The van der Waals surface area contributed by atoms with Crippen LogP contribution < -0.4 is 0 Å². The number of benzene rings is 2. The maximum Gasteiger partial charge on any atom is 0.414 e. The quantitative estimate of drug-likeness (QED) is 0.739. The van der Waals surface area contributed by atoms with Crippen molar-refractivity contribution in [2.24, 2.45) is 0 Å². The third-order valence-electron chi connectivity index (χ3n) is 5.21. The number of rotatable bonds is 3. The maximum atomic E-state index is 14.3. The highest BCUT2D eigenvalue weighted by Crippen LogP contribution is 2.34. The van der Waals surface area contributed by atoms with E-state index in [1.807, 2.05) is 0 Å². The minimum Gasteiger partial charge on any atom is -0.444 e. The zero-order valence-corrected chi connectivity index (χ0v) is 16.9. The van der Waals surface area contributed by atoms with Crippen LogP contribution in [-0.4, -0.2) is 40.7 Å². The molecule has 2 aromatic rings. The van der Waals surface area contributed by atoms with Gasteiger partial charge in [0.15, 0.2) is 0 Å².